The summed E-state index contributed by atoms with van der Waals surface area (Å²) >= 11 is 0. The zero-order valence-corrected chi connectivity index (χ0v) is 14.6. The molecule has 0 unspecified atom stereocenters. The van der Waals surface area contributed by atoms with Crippen LogP contribution in [0.5, 0.6) is 5.75 Å². The molecule has 25 heavy (non-hydrogen) atoms. The normalized spacial score (nSPS) is 24.1. The highest BCUT2D eigenvalue weighted by Gasteiger charge is 2.44. The quantitative estimate of drug-likeness (QED) is 0.865. The lowest BCUT2D eigenvalue weighted by Crippen LogP contribution is -2.45. The van der Waals surface area contributed by atoms with Gasteiger partial charge in [-0.1, -0.05) is 31.0 Å². The van der Waals surface area contributed by atoms with E-state index in [1.54, 1.807) is 0 Å². The van der Waals surface area contributed by atoms with Crippen LogP contribution < -0.4 is 15.4 Å². The number of carbonyl (C=O) groups excluding carboxylic acids is 2. The van der Waals surface area contributed by atoms with Gasteiger partial charge in [-0.2, -0.15) is 0 Å². The summed E-state index contributed by atoms with van der Waals surface area (Å²) in [5.41, 5.74) is 0.504. The van der Waals surface area contributed by atoms with Crippen molar-refractivity contribution in [3.8, 4) is 5.75 Å². The van der Waals surface area contributed by atoms with Crippen LogP contribution in [0.1, 0.15) is 63.0 Å². The maximum Gasteiger partial charge on any atom is 0.227 e. The molecule has 1 atom stereocenters. The summed E-state index contributed by atoms with van der Waals surface area (Å²) in [6.45, 7) is 0.608. The molecule has 1 aromatic rings. The highest BCUT2D eigenvalue weighted by Crippen LogP contribution is 2.43. The van der Waals surface area contributed by atoms with Crippen molar-refractivity contribution in [1.82, 2.24) is 10.6 Å². The first-order valence-corrected chi connectivity index (χ1v) is 9.48. The SMILES string of the molecule is O=C(CC1(C(=O)N[C@@H]2CCOc3ccccc32)CCCC1)NC1CC1. The Labute approximate surface area is 148 Å². The molecule has 0 bridgehead atoms. The Morgan fingerprint density at radius 3 is 2.60 bits per heavy atom. The van der Waals surface area contributed by atoms with Crippen LogP contribution in [0.2, 0.25) is 0 Å². The molecule has 1 aromatic carbocycles. The van der Waals surface area contributed by atoms with Crippen molar-refractivity contribution in [2.75, 3.05) is 6.61 Å². The average Bonchev–Trinajstić information content (AvgIpc) is 3.29. The van der Waals surface area contributed by atoms with Crippen LogP contribution in [-0.2, 0) is 9.59 Å². The maximum atomic E-state index is 13.2. The Bertz CT molecular complexity index is 663. The summed E-state index contributed by atoms with van der Waals surface area (Å²) in [5.74, 6) is 0.926. The van der Waals surface area contributed by atoms with Crippen molar-refractivity contribution >= 4 is 11.8 Å². The van der Waals surface area contributed by atoms with Crippen LogP contribution in [0, 0.1) is 5.41 Å². The third-order valence-electron chi connectivity index (χ3n) is 5.75. The fourth-order valence-corrected chi connectivity index (χ4v) is 4.15. The van der Waals surface area contributed by atoms with Crippen molar-refractivity contribution < 1.29 is 14.3 Å². The van der Waals surface area contributed by atoms with E-state index in [-0.39, 0.29) is 17.9 Å². The highest BCUT2D eigenvalue weighted by molar-refractivity contribution is 5.89. The van der Waals surface area contributed by atoms with Crippen LogP contribution >= 0.6 is 0 Å². The van der Waals surface area contributed by atoms with Gasteiger partial charge < -0.3 is 15.4 Å². The molecule has 0 aromatic heterocycles. The lowest BCUT2D eigenvalue weighted by Gasteiger charge is -2.32. The molecule has 1 aliphatic heterocycles. The van der Waals surface area contributed by atoms with E-state index >= 15 is 0 Å². The van der Waals surface area contributed by atoms with Gasteiger partial charge >= 0.3 is 0 Å². The van der Waals surface area contributed by atoms with Gasteiger partial charge in [-0.05, 0) is 31.7 Å². The van der Waals surface area contributed by atoms with E-state index in [4.69, 9.17) is 4.74 Å². The third-order valence-corrected chi connectivity index (χ3v) is 5.75. The molecule has 0 saturated heterocycles. The number of rotatable bonds is 5. The molecular weight excluding hydrogens is 316 g/mol. The Kier molecular flexibility index (Phi) is 4.40. The number of para-hydroxylation sites is 1. The zero-order valence-electron chi connectivity index (χ0n) is 14.6. The van der Waals surface area contributed by atoms with Gasteiger partial charge in [0.05, 0.1) is 18.1 Å². The van der Waals surface area contributed by atoms with Crippen molar-refractivity contribution in [2.45, 2.75) is 63.5 Å². The fourth-order valence-electron chi connectivity index (χ4n) is 4.15. The third kappa shape index (κ3) is 3.51. The van der Waals surface area contributed by atoms with Gasteiger partial charge in [-0.25, -0.2) is 0 Å². The Hall–Kier alpha value is -2.04. The second-order valence-electron chi connectivity index (χ2n) is 7.71. The molecule has 2 saturated carbocycles. The van der Waals surface area contributed by atoms with Gasteiger partial charge in [0.1, 0.15) is 5.75 Å². The first-order valence-electron chi connectivity index (χ1n) is 9.48. The zero-order chi connectivity index (χ0) is 17.3. The predicted octanol–water partition coefficient (Wildman–Crippen LogP) is 2.86. The molecule has 2 aliphatic carbocycles. The molecule has 1 heterocycles. The Morgan fingerprint density at radius 1 is 1.08 bits per heavy atom. The number of hydrogen-bond acceptors (Lipinski definition) is 3. The summed E-state index contributed by atoms with van der Waals surface area (Å²) in [6.07, 6.45) is 6.90. The Balaban J connectivity index is 1.47. The number of benzene rings is 1. The van der Waals surface area contributed by atoms with Crippen molar-refractivity contribution in [3.63, 3.8) is 0 Å². The summed E-state index contributed by atoms with van der Waals surface area (Å²) < 4.78 is 5.69. The molecule has 134 valence electrons. The van der Waals surface area contributed by atoms with E-state index in [2.05, 4.69) is 10.6 Å². The molecule has 0 radical (unpaired) electrons. The van der Waals surface area contributed by atoms with Crippen LogP contribution in [0.15, 0.2) is 24.3 Å². The minimum Gasteiger partial charge on any atom is -0.493 e. The van der Waals surface area contributed by atoms with E-state index in [1.807, 2.05) is 24.3 Å². The Morgan fingerprint density at radius 2 is 1.84 bits per heavy atom. The molecule has 4 rings (SSSR count). The van der Waals surface area contributed by atoms with E-state index < -0.39 is 5.41 Å². The summed E-state index contributed by atoms with van der Waals surface area (Å²) in [4.78, 5) is 25.5. The fraction of sp³-hybridized carbons (Fsp3) is 0.600. The summed E-state index contributed by atoms with van der Waals surface area (Å²) in [6, 6.07) is 8.20. The van der Waals surface area contributed by atoms with Crippen molar-refractivity contribution in [2.24, 2.45) is 5.41 Å². The number of amides is 2. The summed E-state index contributed by atoms with van der Waals surface area (Å²) in [7, 11) is 0. The minimum absolute atomic E-state index is 0.0265. The standard InChI is InChI=1S/C20H26N2O3/c23-18(21-14-7-8-14)13-20(10-3-4-11-20)19(24)22-16-9-12-25-17-6-2-1-5-15(16)17/h1-2,5-6,14,16H,3-4,7-13H2,(H,21,23)(H,22,24)/t16-/m1/s1. The molecule has 5 nitrogen and oxygen atoms in total. The number of ether oxygens (including phenoxy) is 1. The van der Waals surface area contributed by atoms with E-state index in [0.29, 0.717) is 19.1 Å². The second kappa shape index (κ2) is 6.70. The highest BCUT2D eigenvalue weighted by atomic mass is 16.5. The van der Waals surface area contributed by atoms with Crippen LogP contribution in [-0.4, -0.2) is 24.5 Å². The number of nitrogens with one attached hydrogen (secondary N) is 2. The first kappa shape index (κ1) is 16.4. The number of carbonyl (C=O) groups is 2. The predicted molar refractivity (Wildman–Crippen MR) is 94.1 cm³/mol. The van der Waals surface area contributed by atoms with E-state index in [9.17, 15) is 9.59 Å². The molecule has 2 fully saturated rings. The molecular formula is C20H26N2O3. The lowest BCUT2D eigenvalue weighted by atomic mass is 9.80. The van der Waals surface area contributed by atoms with Gasteiger partial charge in [0.2, 0.25) is 11.8 Å². The van der Waals surface area contributed by atoms with Gasteiger partial charge in [-0.3, -0.25) is 9.59 Å². The smallest absolute Gasteiger partial charge is 0.227 e. The summed E-state index contributed by atoms with van der Waals surface area (Å²) in [5, 5.41) is 6.27. The van der Waals surface area contributed by atoms with Crippen LogP contribution in [0.3, 0.4) is 0 Å². The van der Waals surface area contributed by atoms with Gasteiger partial charge in [0, 0.05) is 24.4 Å². The number of hydrogen-bond donors (Lipinski definition) is 2. The first-order chi connectivity index (χ1) is 12.2. The molecule has 5 heteroatoms. The van der Waals surface area contributed by atoms with Crippen molar-refractivity contribution in [3.05, 3.63) is 29.8 Å². The van der Waals surface area contributed by atoms with E-state index in [1.165, 1.54) is 0 Å². The molecule has 0 spiro atoms. The van der Waals surface area contributed by atoms with Gasteiger partial charge in [0.15, 0.2) is 0 Å². The van der Waals surface area contributed by atoms with Gasteiger partial charge in [-0.15, -0.1) is 0 Å². The molecule has 3 aliphatic rings. The molecule has 2 N–H and O–H groups in total. The van der Waals surface area contributed by atoms with Crippen molar-refractivity contribution in [1.29, 1.82) is 0 Å². The van der Waals surface area contributed by atoms with Crippen LogP contribution in [0.25, 0.3) is 0 Å². The van der Waals surface area contributed by atoms with Gasteiger partial charge in [0.25, 0.3) is 0 Å². The second-order valence-corrected chi connectivity index (χ2v) is 7.71. The number of fused-ring (bicyclic) bond motifs is 1. The van der Waals surface area contributed by atoms with E-state index in [0.717, 1.165) is 56.3 Å². The monoisotopic (exact) mass is 342 g/mol. The molecule has 2 amide bonds. The minimum atomic E-state index is -0.535. The average molecular weight is 342 g/mol. The maximum absolute atomic E-state index is 13.2. The van der Waals surface area contributed by atoms with Crippen LogP contribution in [0.4, 0.5) is 0 Å². The lowest BCUT2D eigenvalue weighted by molar-refractivity contribution is -0.137. The topological polar surface area (TPSA) is 67.4 Å². The largest absolute Gasteiger partial charge is 0.493 e.